The Morgan fingerprint density at radius 3 is 2.70 bits per heavy atom. The second kappa shape index (κ2) is 8.71. The quantitative estimate of drug-likeness (QED) is 0.616. The number of alkyl halides is 3. The lowest BCUT2D eigenvalue weighted by molar-refractivity contribution is -0.138. The molecule has 0 radical (unpaired) electrons. The third-order valence-corrected chi connectivity index (χ3v) is 7.89. The molecule has 0 bridgehead atoms. The van der Waals surface area contributed by atoms with E-state index in [0.29, 0.717) is 43.9 Å². The van der Waals surface area contributed by atoms with Crippen LogP contribution < -0.4 is 0 Å². The van der Waals surface area contributed by atoms with Crippen LogP contribution in [0.4, 0.5) is 13.2 Å². The van der Waals surface area contributed by atoms with E-state index >= 15 is 0 Å². The number of fused-ring (bicyclic) bond motifs is 1. The number of hydrogen-bond acceptors (Lipinski definition) is 6. The molecule has 1 spiro atoms. The molecule has 2 unspecified atom stereocenters. The number of benzene rings is 1. The van der Waals surface area contributed by atoms with Gasteiger partial charge in [-0.25, -0.2) is 0 Å². The van der Waals surface area contributed by atoms with Crippen LogP contribution in [-0.2, 0) is 15.7 Å². The van der Waals surface area contributed by atoms with Crippen LogP contribution in [0.3, 0.4) is 0 Å². The highest BCUT2D eigenvalue weighted by Gasteiger charge is 2.52. The van der Waals surface area contributed by atoms with Crippen molar-refractivity contribution in [2.75, 3.05) is 32.8 Å². The van der Waals surface area contributed by atoms with Gasteiger partial charge < -0.3 is 14.7 Å². The van der Waals surface area contributed by atoms with Crippen LogP contribution in [0.2, 0.25) is 0 Å². The van der Waals surface area contributed by atoms with Crippen LogP contribution in [0.5, 0.6) is 5.75 Å². The molecule has 3 saturated heterocycles. The van der Waals surface area contributed by atoms with Crippen LogP contribution in [0.15, 0.2) is 41.4 Å². The number of dihydropyridines is 1. The van der Waals surface area contributed by atoms with Gasteiger partial charge in [0.15, 0.2) is 0 Å². The van der Waals surface area contributed by atoms with Gasteiger partial charge in [0.2, 0.25) is 5.91 Å². The lowest BCUT2D eigenvalue weighted by Crippen LogP contribution is -2.59. The average molecular weight is 515 g/mol. The van der Waals surface area contributed by atoms with Crippen molar-refractivity contribution in [3.05, 3.63) is 47.6 Å². The summed E-state index contributed by atoms with van der Waals surface area (Å²) in [6, 6.07) is 5.19. The van der Waals surface area contributed by atoms with Crippen LogP contribution in [0.25, 0.3) is 5.57 Å². The highest BCUT2D eigenvalue weighted by molar-refractivity contribution is 6.09. The zero-order chi connectivity index (χ0) is 26.8. The Hall–Kier alpha value is -3.16. The Morgan fingerprint density at radius 2 is 2.05 bits per heavy atom. The summed E-state index contributed by atoms with van der Waals surface area (Å²) >= 11 is 0. The first kappa shape index (κ1) is 25.5. The summed E-state index contributed by atoms with van der Waals surface area (Å²) in [5, 5.41) is 20.5. The van der Waals surface area contributed by atoms with Gasteiger partial charge in [0.25, 0.3) is 0 Å². The minimum absolute atomic E-state index is 0.0293. The molecule has 0 aliphatic carbocycles. The van der Waals surface area contributed by atoms with Gasteiger partial charge in [-0.2, -0.15) is 18.4 Å². The SMILES string of the molecule is C=CC(=O)N1CC2(CCN(C3N=C4CC(C)(C)OCC4=C(c4cc(O)ccc4C(F)(F)F)C3C#N)C2)C1. The van der Waals surface area contributed by atoms with Crippen LogP contribution in [-0.4, -0.2) is 71.1 Å². The molecule has 10 heteroatoms. The highest BCUT2D eigenvalue weighted by atomic mass is 19.4. The number of carbonyl (C=O) groups excluding carboxylic acids is 1. The molecule has 3 fully saturated rings. The van der Waals surface area contributed by atoms with E-state index in [1.54, 1.807) is 4.90 Å². The number of ether oxygens (including phenoxy) is 1. The molecule has 4 heterocycles. The van der Waals surface area contributed by atoms with Gasteiger partial charge in [0.1, 0.15) is 17.8 Å². The number of rotatable bonds is 3. The van der Waals surface area contributed by atoms with E-state index in [0.717, 1.165) is 24.6 Å². The van der Waals surface area contributed by atoms with E-state index in [9.17, 15) is 28.3 Å². The molecule has 1 N–H and O–H groups in total. The van der Waals surface area contributed by atoms with Gasteiger partial charge in [0.05, 0.1) is 23.8 Å². The smallest absolute Gasteiger partial charge is 0.417 e. The second-order valence-corrected chi connectivity index (χ2v) is 11.1. The number of aliphatic imine (C=N–C) groups is 1. The highest BCUT2D eigenvalue weighted by Crippen LogP contribution is 2.48. The van der Waals surface area contributed by atoms with E-state index in [1.807, 2.05) is 13.8 Å². The van der Waals surface area contributed by atoms with Crippen LogP contribution in [0, 0.1) is 22.7 Å². The third kappa shape index (κ3) is 4.44. The Morgan fingerprint density at radius 1 is 1.32 bits per heavy atom. The number of halogens is 3. The minimum atomic E-state index is -4.68. The summed E-state index contributed by atoms with van der Waals surface area (Å²) in [6.45, 7) is 9.72. The van der Waals surface area contributed by atoms with Crippen molar-refractivity contribution in [2.45, 2.75) is 44.6 Å². The molecular formula is C27H29F3N4O3. The molecule has 4 aliphatic heterocycles. The number of nitrogens with zero attached hydrogens (tertiary/aromatic N) is 4. The van der Waals surface area contributed by atoms with Gasteiger partial charge in [0, 0.05) is 49.3 Å². The Balaban J connectivity index is 1.56. The molecule has 0 saturated carbocycles. The zero-order valence-electron chi connectivity index (χ0n) is 20.8. The first-order chi connectivity index (χ1) is 17.4. The van der Waals surface area contributed by atoms with Crippen molar-refractivity contribution < 1.29 is 27.8 Å². The molecule has 1 aromatic carbocycles. The van der Waals surface area contributed by atoms with Crippen molar-refractivity contribution in [3.63, 3.8) is 0 Å². The summed E-state index contributed by atoms with van der Waals surface area (Å²) in [7, 11) is 0. The van der Waals surface area contributed by atoms with Crippen molar-refractivity contribution >= 4 is 17.2 Å². The number of phenols is 1. The lowest BCUT2D eigenvalue weighted by atomic mass is 9.77. The van der Waals surface area contributed by atoms with Gasteiger partial charge in [-0.15, -0.1) is 0 Å². The van der Waals surface area contributed by atoms with Crippen molar-refractivity contribution in [1.82, 2.24) is 9.80 Å². The molecule has 1 amide bonds. The van der Waals surface area contributed by atoms with E-state index in [-0.39, 0.29) is 34.8 Å². The van der Waals surface area contributed by atoms with Gasteiger partial charge in [-0.3, -0.25) is 14.7 Å². The first-order valence-electron chi connectivity index (χ1n) is 12.3. The average Bonchev–Trinajstić information content (AvgIpc) is 3.25. The van der Waals surface area contributed by atoms with E-state index < -0.39 is 29.4 Å². The standard InChI is InChI=1S/C27H29F3N4O3/c1-4-22(36)34-14-26(15-34)7-8-33(13-26)24-18(11-31)23(19-12-37-25(2,3)10-21(19)32-24)17-9-16(35)5-6-20(17)27(28,29)30/h4-6,9,18,24,35H,1,7-8,10,12-15H2,2-3H3. The largest absolute Gasteiger partial charge is 0.508 e. The number of phenolic OH excluding ortho intramolecular Hbond substituents is 1. The molecule has 37 heavy (non-hydrogen) atoms. The molecule has 196 valence electrons. The number of likely N-dealkylation sites (tertiary alicyclic amines) is 2. The predicted octanol–water partition coefficient (Wildman–Crippen LogP) is 4.00. The Bertz CT molecular complexity index is 1250. The summed E-state index contributed by atoms with van der Waals surface area (Å²) in [6.07, 6.45) is -2.88. The predicted molar refractivity (Wildman–Crippen MR) is 130 cm³/mol. The second-order valence-electron chi connectivity index (χ2n) is 11.1. The Kier molecular flexibility index (Phi) is 6.00. The summed E-state index contributed by atoms with van der Waals surface area (Å²) in [5.74, 6) is -1.43. The molecule has 2 atom stereocenters. The number of carbonyl (C=O) groups is 1. The molecule has 5 rings (SSSR count). The number of nitriles is 1. The normalized spacial score (nSPS) is 26.8. The third-order valence-electron chi connectivity index (χ3n) is 7.89. The lowest BCUT2D eigenvalue weighted by Gasteiger charge is -2.48. The number of hydrogen-bond donors (Lipinski definition) is 1. The fourth-order valence-corrected chi connectivity index (χ4v) is 6.10. The van der Waals surface area contributed by atoms with Crippen molar-refractivity contribution in [3.8, 4) is 11.8 Å². The molecule has 7 nitrogen and oxygen atoms in total. The van der Waals surface area contributed by atoms with Gasteiger partial charge >= 0.3 is 6.18 Å². The number of amides is 1. The van der Waals surface area contributed by atoms with Gasteiger partial charge in [-0.05, 0) is 55.7 Å². The monoisotopic (exact) mass is 514 g/mol. The molecule has 1 aromatic rings. The zero-order valence-corrected chi connectivity index (χ0v) is 20.8. The maximum absolute atomic E-state index is 14.1. The maximum atomic E-state index is 14.1. The summed E-state index contributed by atoms with van der Waals surface area (Å²) < 4.78 is 48.2. The van der Waals surface area contributed by atoms with Crippen LogP contribution >= 0.6 is 0 Å². The van der Waals surface area contributed by atoms with E-state index in [4.69, 9.17) is 9.73 Å². The maximum Gasteiger partial charge on any atom is 0.417 e. The summed E-state index contributed by atoms with van der Waals surface area (Å²) in [5.41, 5.74) is -0.469. The topological polar surface area (TPSA) is 89.2 Å². The van der Waals surface area contributed by atoms with Gasteiger partial charge in [-0.1, -0.05) is 6.58 Å². The minimum Gasteiger partial charge on any atom is -0.508 e. The van der Waals surface area contributed by atoms with E-state index in [2.05, 4.69) is 17.5 Å². The van der Waals surface area contributed by atoms with E-state index in [1.165, 1.54) is 6.08 Å². The molecule has 0 aromatic heterocycles. The van der Waals surface area contributed by atoms with Crippen molar-refractivity contribution in [2.24, 2.45) is 16.3 Å². The summed E-state index contributed by atoms with van der Waals surface area (Å²) in [4.78, 5) is 20.7. The number of aromatic hydroxyl groups is 1. The molecule has 4 aliphatic rings. The van der Waals surface area contributed by atoms with Crippen molar-refractivity contribution in [1.29, 1.82) is 5.26 Å². The fourth-order valence-electron chi connectivity index (χ4n) is 6.10. The Labute approximate surface area is 213 Å². The fraction of sp³-hybridized carbons (Fsp3) is 0.519. The molecular weight excluding hydrogens is 485 g/mol. The first-order valence-corrected chi connectivity index (χ1v) is 12.3. The van der Waals surface area contributed by atoms with Crippen LogP contribution in [0.1, 0.15) is 37.8 Å².